The van der Waals surface area contributed by atoms with E-state index >= 15 is 0 Å². The Morgan fingerprint density at radius 3 is 2.38 bits per heavy atom. The fourth-order valence-corrected chi connectivity index (χ4v) is 6.03. The van der Waals surface area contributed by atoms with Gasteiger partial charge in [-0.3, -0.25) is 14.4 Å². The monoisotopic (exact) mass is 546 g/mol. The number of esters is 1. The average molecular weight is 547 g/mol. The van der Waals surface area contributed by atoms with Crippen molar-refractivity contribution < 1.29 is 34.1 Å². The van der Waals surface area contributed by atoms with Crippen LogP contribution in [0.5, 0.6) is 0 Å². The van der Waals surface area contributed by atoms with Crippen molar-refractivity contribution in [3.63, 3.8) is 0 Å². The molecule has 2 bridgehead atoms. The van der Waals surface area contributed by atoms with Gasteiger partial charge in [0.15, 0.2) is 5.60 Å². The largest absolute Gasteiger partial charge is 0.482 e. The van der Waals surface area contributed by atoms with Gasteiger partial charge in [0.1, 0.15) is 24.1 Å². The van der Waals surface area contributed by atoms with E-state index in [-0.39, 0.29) is 35.7 Å². The number of hydrogen-bond donors (Lipinski definition) is 2. The van der Waals surface area contributed by atoms with Crippen LogP contribution in [0.1, 0.15) is 101 Å². The van der Waals surface area contributed by atoms with Crippen molar-refractivity contribution in [2.24, 2.45) is 23.7 Å². The maximum absolute atomic E-state index is 13.0. The maximum atomic E-state index is 13.0. The van der Waals surface area contributed by atoms with Crippen LogP contribution in [0.3, 0.4) is 0 Å². The predicted molar refractivity (Wildman–Crippen MR) is 152 cm³/mol. The normalized spacial score (nSPS) is 28.7. The molecule has 2 N–H and O–H groups in total. The van der Waals surface area contributed by atoms with Gasteiger partial charge in [0.25, 0.3) is 0 Å². The number of carbonyl (C=O) groups excluding carboxylic acids is 3. The Hall–Kier alpha value is -2.25. The highest BCUT2D eigenvalue weighted by atomic mass is 16.6. The van der Waals surface area contributed by atoms with Crippen molar-refractivity contribution in [1.29, 1.82) is 0 Å². The molecule has 220 valence electrons. The van der Waals surface area contributed by atoms with Crippen molar-refractivity contribution >= 4 is 17.5 Å². The summed E-state index contributed by atoms with van der Waals surface area (Å²) in [6, 6.07) is 0. The number of hydrogen-bond acceptors (Lipinski definition) is 7. The van der Waals surface area contributed by atoms with Gasteiger partial charge in [0.05, 0.1) is 12.2 Å². The predicted octanol–water partition coefficient (Wildman–Crippen LogP) is 5.63. The van der Waals surface area contributed by atoms with Crippen molar-refractivity contribution in [2.45, 2.75) is 125 Å². The number of fused-ring (bicyclic) bond motifs is 2. The minimum atomic E-state index is -1.00. The number of ether oxygens (including phenoxy) is 2. The molecule has 0 amide bonds. The summed E-state index contributed by atoms with van der Waals surface area (Å²) in [7, 11) is 0. The van der Waals surface area contributed by atoms with E-state index in [1.807, 2.05) is 53.7 Å². The lowest BCUT2D eigenvalue weighted by Gasteiger charge is -2.31. The molecule has 0 saturated carbocycles. The van der Waals surface area contributed by atoms with Gasteiger partial charge in [-0.25, -0.2) is 0 Å². The fourth-order valence-electron chi connectivity index (χ4n) is 6.03. The summed E-state index contributed by atoms with van der Waals surface area (Å²) in [5.41, 5.74) is 1.55. The van der Waals surface area contributed by atoms with Gasteiger partial charge in [-0.05, 0) is 39.5 Å². The molecule has 39 heavy (non-hydrogen) atoms. The number of ketones is 2. The van der Waals surface area contributed by atoms with Crippen LogP contribution in [0, 0.1) is 23.7 Å². The zero-order valence-corrected chi connectivity index (χ0v) is 25.4. The smallest absolute Gasteiger partial charge is 0.313 e. The Morgan fingerprint density at radius 2 is 1.79 bits per heavy atom. The van der Waals surface area contributed by atoms with Crippen LogP contribution in [-0.2, 0) is 23.9 Å². The number of carbonyl (C=O) groups is 3. The van der Waals surface area contributed by atoms with E-state index in [0.29, 0.717) is 43.4 Å². The Labute approximate surface area is 234 Å². The summed E-state index contributed by atoms with van der Waals surface area (Å²) in [6.07, 6.45) is 4.22. The first-order valence-corrected chi connectivity index (χ1v) is 14.5. The second-order valence-electron chi connectivity index (χ2n) is 12.1. The molecule has 8 atom stereocenters. The lowest BCUT2D eigenvalue weighted by atomic mass is 9.83. The molecule has 0 aromatic rings. The quantitative estimate of drug-likeness (QED) is 0.255. The molecule has 2 heterocycles. The fraction of sp³-hybridized carbons (Fsp3) is 0.719. The summed E-state index contributed by atoms with van der Waals surface area (Å²) in [5.74, 6) is -1.16. The standard InChI is InChI=1S/C32H50O7/c1-10-24-27-16-28(34)38-26(13-12-18(3)17-32(9,39-27)31(24)37)23(8)30(36)21(6)15-19(4)14-20(5)29(35)22(7)25(33)11-2/h12,14,20-23,26,29-30,35-36H,10-11,13,15-17H2,1-9H3/b18-12+,19-14+/t20-,21+,22+,23-,26+,29+,30+,32+/m0/s1. The average Bonchev–Trinajstić information content (AvgIpc) is 3.09. The SMILES string of the molecule is CCC(=O)[C@@H](C)[C@H](O)[C@@H](C)/C=C(\C)C[C@@H](C)[C@@H](O)[C@@H](C)[C@H]1C/C=C(\C)C[C@@]2(C)OC(=C(CC)C2=O)CC(=O)O1. The van der Waals surface area contributed by atoms with E-state index in [2.05, 4.69) is 0 Å². The van der Waals surface area contributed by atoms with E-state index in [4.69, 9.17) is 9.47 Å². The number of Topliss-reactive ketones (excluding diaryl/α,β-unsaturated/α-hetero) is 2. The van der Waals surface area contributed by atoms with Crippen LogP contribution >= 0.6 is 0 Å². The molecule has 2 aliphatic heterocycles. The minimum absolute atomic E-state index is 0.0422. The summed E-state index contributed by atoms with van der Waals surface area (Å²) in [5, 5.41) is 21.9. The maximum Gasteiger partial charge on any atom is 0.313 e. The molecule has 2 rings (SSSR count). The van der Waals surface area contributed by atoms with E-state index < -0.39 is 35.8 Å². The molecule has 7 nitrogen and oxygen atoms in total. The third-order valence-electron chi connectivity index (χ3n) is 8.50. The zero-order chi connectivity index (χ0) is 29.7. The summed E-state index contributed by atoms with van der Waals surface area (Å²) >= 11 is 0. The highest BCUT2D eigenvalue weighted by molar-refractivity contribution is 6.04. The molecular formula is C32H50O7. The van der Waals surface area contributed by atoms with Gasteiger partial charge in [0.2, 0.25) is 5.78 Å². The van der Waals surface area contributed by atoms with Crippen molar-refractivity contribution in [1.82, 2.24) is 0 Å². The van der Waals surface area contributed by atoms with Crippen LogP contribution in [0.2, 0.25) is 0 Å². The van der Waals surface area contributed by atoms with Crippen LogP contribution in [0.4, 0.5) is 0 Å². The highest BCUT2D eigenvalue weighted by Crippen LogP contribution is 2.39. The Morgan fingerprint density at radius 1 is 1.15 bits per heavy atom. The van der Waals surface area contributed by atoms with Crippen LogP contribution < -0.4 is 0 Å². The number of aliphatic hydroxyl groups excluding tert-OH is 2. The molecule has 0 saturated heterocycles. The first-order valence-electron chi connectivity index (χ1n) is 14.5. The molecule has 7 heteroatoms. The lowest BCUT2D eigenvalue weighted by Crippen LogP contribution is -2.37. The lowest BCUT2D eigenvalue weighted by molar-refractivity contribution is -0.154. The third kappa shape index (κ3) is 8.14. The molecule has 0 aliphatic carbocycles. The molecule has 0 fully saturated rings. The molecule has 2 aliphatic rings. The van der Waals surface area contributed by atoms with Gasteiger partial charge in [0, 0.05) is 42.6 Å². The topological polar surface area (TPSA) is 110 Å². The number of cyclic esters (lactones) is 1. The van der Waals surface area contributed by atoms with Gasteiger partial charge >= 0.3 is 5.97 Å². The molecule has 0 spiro atoms. The second-order valence-corrected chi connectivity index (χ2v) is 12.1. The van der Waals surface area contributed by atoms with Crippen molar-refractivity contribution in [3.05, 3.63) is 34.6 Å². The van der Waals surface area contributed by atoms with Gasteiger partial charge in [-0.1, -0.05) is 64.8 Å². The highest BCUT2D eigenvalue weighted by Gasteiger charge is 2.45. The summed E-state index contributed by atoms with van der Waals surface area (Å²) in [4.78, 5) is 37.9. The van der Waals surface area contributed by atoms with Gasteiger partial charge < -0.3 is 19.7 Å². The van der Waals surface area contributed by atoms with E-state index in [9.17, 15) is 24.6 Å². The van der Waals surface area contributed by atoms with E-state index in [1.54, 1.807) is 20.8 Å². The van der Waals surface area contributed by atoms with Crippen LogP contribution in [0.25, 0.3) is 0 Å². The minimum Gasteiger partial charge on any atom is -0.482 e. The first-order chi connectivity index (χ1) is 18.1. The molecular weight excluding hydrogens is 496 g/mol. The second kappa shape index (κ2) is 13.9. The van der Waals surface area contributed by atoms with E-state index in [0.717, 1.165) is 11.1 Å². The van der Waals surface area contributed by atoms with Crippen LogP contribution in [-0.4, -0.2) is 51.7 Å². The first kappa shape index (κ1) is 33.0. The van der Waals surface area contributed by atoms with Crippen molar-refractivity contribution in [3.8, 4) is 0 Å². The summed E-state index contributed by atoms with van der Waals surface area (Å²) in [6.45, 7) is 16.9. The Kier molecular flexibility index (Phi) is 11.7. The number of rotatable bonds is 11. The molecule has 0 aromatic carbocycles. The molecule has 0 unspecified atom stereocenters. The molecule has 0 aromatic heterocycles. The van der Waals surface area contributed by atoms with Crippen molar-refractivity contribution in [2.75, 3.05) is 0 Å². The van der Waals surface area contributed by atoms with E-state index in [1.165, 1.54) is 0 Å². The third-order valence-corrected chi connectivity index (χ3v) is 8.50. The number of allylic oxidation sites excluding steroid dienone is 1. The Bertz CT molecular complexity index is 1010. The molecule has 0 radical (unpaired) electrons. The van der Waals surface area contributed by atoms with Crippen LogP contribution in [0.15, 0.2) is 34.6 Å². The Balaban J connectivity index is 2.14. The number of aliphatic hydroxyl groups is 2. The summed E-state index contributed by atoms with van der Waals surface area (Å²) < 4.78 is 11.9. The van der Waals surface area contributed by atoms with Gasteiger partial charge in [-0.15, -0.1) is 0 Å². The zero-order valence-electron chi connectivity index (χ0n) is 25.4. The van der Waals surface area contributed by atoms with Gasteiger partial charge in [-0.2, -0.15) is 0 Å².